The van der Waals surface area contributed by atoms with Gasteiger partial charge in [0.25, 0.3) is 0 Å². The van der Waals surface area contributed by atoms with Crippen LogP contribution >= 0.6 is 0 Å². The van der Waals surface area contributed by atoms with Crippen LogP contribution in [0, 0.1) is 17.2 Å². The summed E-state index contributed by atoms with van der Waals surface area (Å²) in [6.07, 6.45) is 5.89. The molecule has 0 amide bonds. The van der Waals surface area contributed by atoms with Crippen molar-refractivity contribution in [2.24, 2.45) is 5.92 Å². The Hall–Kier alpha value is -0.770. The quantitative estimate of drug-likeness (QED) is 0.529. The Labute approximate surface area is 57.0 Å². The molecule has 0 spiro atoms. The summed E-state index contributed by atoms with van der Waals surface area (Å²) in [6, 6.07) is 2.24. The molecule has 0 saturated carbocycles. The largest absolute Gasteiger partial charge is 0.198 e. The minimum atomic E-state index is 0.223. The van der Waals surface area contributed by atoms with Crippen LogP contribution in [0.1, 0.15) is 26.7 Å². The third-order valence-electron chi connectivity index (χ3n) is 1.33. The van der Waals surface area contributed by atoms with E-state index in [2.05, 4.69) is 6.07 Å². The number of hydrogen-bond acceptors (Lipinski definition) is 1. The fourth-order valence-electron chi connectivity index (χ4n) is 0.611. The van der Waals surface area contributed by atoms with Crippen LogP contribution in [0.15, 0.2) is 12.2 Å². The maximum atomic E-state index is 8.47. The fraction of sp³-hybridized carbons (Fsp3) is 0.625. The Morgan fingerprint density at radius 2 is 2.33 bits per heavy atom. The molecule has 0 aliphatic carbocycles. The standard InChI is InChI=1S/C8H13N/c1-3-5-6-8(4-2)7-9/h3,5,8H,4,6H2,1-2H3/b5-3+. The van der Waals surface area contributed by atoms with Gasteiger partial charge in [-0.15, -0.1) is 0 Å². The van der Waals surface area contributed by atoms with E-state index in [1.54, 1.807) is 0 Å². The lowest BCUT2D eigenvalue weighted by atomic mass is 10.0. The van der Waals surface area contributed by atoms with E-state index in [4.69, 9.17) is 5.26 Å². The molecule has 0 fully saturated rings. The van der Waals surface area contributed by atoms with Gasteiger partial charge in [0.2, 0.25) is 0 Å². The zero-order valence-corrected chi connectivity index (χ0v) is 6.09. The summed E-state index contributed by atoms with van der Waals surface area (Å²) in [5, 5.41) is 8.47. The first-order chi connectivity index (χ1) is 4.35. The summed E-state index contributed by atoms with van der Waals surface area (Å²) < 4.78 is 0. The van der Waals surface area contributed by atoms with E-state index in [0.29, 0.717) is 0 Å². The highest BCUT2D eigenvalue weighted by molar-refractivity contribution is 4.89. The molecule has 0 N–H and O–H groups in total. The van der Waals surface area contributed by atoms with E-state index < -0.39 is 0 Å². The van der Waals surface area contributed by atoms with Crippen LogP contribution in [0.5, 0.6) is 0 Å². The Morgan fingerprint density at radius 1 is 1.67 bits per heavy atom. The monoisotopic (exact) mass is 123 g/mol. The lowest BCUT2D eigenvalue weighted by molar-refractivity contribution is 0.652. The van der Waals surface area contributed by atoms with Crippen molar-refractivity contribution in [1.82, 2.24) is 0 Å². The number of nitriles is 1. The van der Waals surface area contributed by atoms with Gasteiger partial charge in [-0.2, -0.15) is 5.26 Å². The molecule has 0 aliphatic rings. The molecule has 0 saturated heterocycles. The number of nitrogens with zero attached hydrogens (tertiary/aromatic N) is 1. The molecule has 50 valence electrons. The summed E-state index contributed by atoms with van der Waals surface area (Å²) in [7, 11) is 0. The third-order valence-corrected chi connectivity index (χ3v) is 1.33. The summed E-state index contributed by atoms with van der Waals surface area (Å²) in [5.41, 5.74) is 0. The van der Waals surface area contributed by atoms with Crippen LogP contribution in [0.4, 0.5) is 0 Å². The van der Waals surface area contributed by atoms with Gasteiger partial charge in [0, 0.05) is 5.92 Å². The topological polar surface area (TPSA) is 23.8 Å². The van der Waals surface area contributed by atoms with Gasteiger partial charge in [0.05, 0.1) is 6.07 Å². The highest BCUT2D eigenvalue weighted by Crippen LogP contribution is 2.05. The van der Waals surface area contributed by atoms with Crippen molar-refractivity contribution in [1.29, 1.82) is 5.26 Å². The second-order valence-corrected chi connectivity index (χ2v) is 2.04. The average molecular weight is 123 g/mol. The van der Waals surface area contributed by atoms with E-state index >= 15 is 0 Å². The van der Waals surface area contributed by atoms with Crippen molar-refractivity contribution in [3.8, 4) is 6.07 Å². The summed E-state index contributed by atoms with van der Waals surface area (Å²) in [4.78, 5) is 0. The molecule has 0 aromatic carbocycles. The first kappa shape index (κ1) is 8.23. The van der Waals surface area contributed by atoms with Gasteiger partial charge >= 0.3 is 0 Å². The fourth-order valence-corrected chi connectivity index (χ4v) is 0.611. The molecular formula is C8H13N. The van der Waals surface area contributed by atoms with Crippen molar-refractivity contribution >= 4 is 0 Å². The maximum Gasteiger partial charge on any atom is 0.0658 e. The molecule has 1 atom stereocenters. The average Bonchev–Trinajstić information content (AvgIpc) is 1.91. The number of allylic oxidation sites excluding steroid dienone is 2. The molecule has 0 aromatic rings. The SMILES string of the molecule is C/C=C/CC(C#N)CC. The number of hydrogen-bond donors (Lipinski definition) is 0. The second kappa shape index (κ2) is 5.37. The molecule has 0 bridgehead atoms. The highest BCUT2D eigenvalue weighted by atomic mass is 14.3. The maximum absolute atomic E-state index is 8.47. The minimum Gasteiger partial charge on any atom is -0.198 e. The molecular weight excluding hydrogens is 110 g/mol. The molecule has 1 heteroatoms. The van der Waals surface area contributed by atoms with Crippen LogP contribution in [-0.2, 0) is 0 Å². The molecule has 1 unspecified atom stereocenters. The van der Waals surface area contributed by atoms with Crippen molar-refractivity contribution in [2.45, 2.75) is 26.7 Å². The van der Waals surface area contributed by atoms with Crippen LogP contribution < -0.4 is 0 Å². The van der Waals surface area contributed by atoms with E-state index in [0.717, 1.165) is 12.8 Å². The smallest absolute Gasteiger partial charge is 0.0658 e. The van der Waals surface area contributed by atoms with Gasteiger partial charge in [-0.05, 0) is 19.8 Å². The van der Waals surface area contributed by atoms with Gasteiger partial charge in [0.1, 0.15) is 0 Å². The van der Waals surface area contributed by atoms with Crippen LogP contribution in [-0.4, -0.2) is 0 Å². The first-order valence-corrected chi connectivity index (χ1v) is 3.35. The molecule has 9 heavy (non-hydrogen) atoms. The van der Waals surface area contributed by atoms with Gasteiger partial charge in [-0.3, -0.25) is 0 Å². The van der Waals surface area contributed by atoms with Crippen LogP contribution in [0.2, 0.25) is 0 Å². The van der Waals surface area contributed by atoms with Crippen LogP contribution in [0.25, 0.3) is 0 Å². The molecule has 1 nitrogen and oxygen atoms in total. The number of rotatable bonds is 3. The van der Waals surface area contributed by atoms with Gasteiger partial charge in [-0.1, -0.05) is 19.1 Å². The van der Waals surface area contributed by atoms with E-state index in [1.807, 2.05) is 26.0 Å². The van der Waals surface area contributed by atoms with Crippen molar-refractivity contribution < 1.29 is 0 Å². The summed E-state index contributed by atoms with van der Waals surface area (Å²) in [5.74, 6) is 0.223. The van der Waals surface area contributed by atoms with Crippen molar-refractivity contribution in [3.63, 3.8) is 0 Å². The Bertz CT molecular complexity index is 119. The molecule has 0 rings (SSSR count). The molecule has 0 heterocycles. The normalized spacial score (nSPS) is 13.4. The van der Waals surface area contributed by atoms with Crippen LogP contribution in [0.3, 0.4) is 0 Å². The zero-order chi connectivity index (χ0) is 7.11. The van der Waals surface area contributed by atoms with E-state index in [-0.39, 0.29) is 5.92 Å². The van der Waals surface area contributed by atoms with Gasteiger partial charge < -0.3 is 0 Å². The predicted octanol–water partition coefficient (Wildman–Crippen LogP) is 2.50. The molecule has 0 aliphatic heterocycles. The Balaban J connectivity index is 3.46. The molecule has 0 aromatic heterocycles. The molecule has 0 radical (unpaired) electrons. The Kier molecular flexibility index (Phi) is 4.91. The summed E-state index contributed by atoms with van der Waals surface area (Å²) in [6.45, 7) is 4.02. The van der Waals surface area contributed by atoms with E-state index in [9.17, 15) is 0 Å². The highest BCUT2D eigenvalue weighted by Gasteiger charge is 1.98. The third kappa shape index (κ3) is 3.78. The predicted molar refractivity (Wildman–Crippen MR) is 38.8 cm³/mol. The van der Waals surface area contributed by atoms with Crippen molar-refractivity contribution in [3.05, 3.63) is 12.2 Å². The second-order valence-electron chi connectivity index (χ2n) is 2.04. The lowest BCUT2D eigenvalue weighted by Crippen LogP contribution is -1.90. The van der Waals surface area contributed by atoms with Gasteiger partial charge in [-0.25, -0.2) is 0 Å². The first-order valence-electron chi connectivity index (χ1n) is 3.35. The van der Waals surface area contributed by atoms with Gasteiger partial charge in [0.15, 0.2) is 0 Å². The minimum absolute atomic E-state index is 0.223. The van der Waals surface area contributed by atoms with E-state index in [1.165, 1.54) is 0 Å². The van der Waals surface area contributed by atoms with Crippen molar-refractivity contribution in [2.75, 3.05) is 0 Å². The Morgan fingerprint density at radius 3 is 2.67 bits per heavy atom. The lowest BCUT2D eigenvalue weighted by Gasteiger charge is -1.97. The summed E-state index contributed by atoms with van der Waals surface area (Å²) >= 11 is 0. The zero-order valence-electron chi connectivity index (χ0n) is 6.09.